The van der Waals surface area contributed by atoms with Gasteiger partial charge >= 0.3 is 0 Å². The molecule has 0 unspecified atom stereocenters. The summed E-state index contributed by atoms with van der Waals surface area (Å²) in [5, 5.41) is 3.56. The number of benzene rings is 1. The summed E-state index contributed by atoms with van der Waals surface area (Å²) in [6, 6.07) is 9.40. The van der Waals surface area contributed by atoms with E-state index in [0.717, 1.165) is 0 Å². The van der Waals surface area contributed by atoms with Crippen molar-refractivity contribution in [2.45, 2.75) is 25.3 Å². The van der Waals surface area contributed by atoms with E-state index < -0.39 is 0 Å². The Balaban J connectivity index is 2.14. The van der Waals surface area contributed by atoms with Crippen molar-refractivity contribution >= 4 is 22.6 Å². The van der Waals surface area contributed by atoms with E-state index in [1.807, 2.05) is 0 Å². The molecule has 0 amide bonds. The second kappa shape index (κ2) is 4.42. The normalized spacial score (nSPS) is 23.0. The molecule has 1 aliphatic rings. The van der Waals surface area contributed by atoms with Gasteiger partial charge in [0.05, 0.1) is 0 Å². The van der Waals surface area contributed by atoms with E-state index in [1.165, 1.54) is 34.9 Å². The van der Waals surface area contributed by atoms with Crippen molar-refractivity contribution in [2.24, 2.45) is 0 Å². The number of halogens is 1. The molecular weight excluding hydrogens is 273 g/mol. The van der Waals surface area contributed by atoms with Gasteiger partial charge in [-0.2, -0.15) is 0 Å². The fourth-order valence-corrected chi connectivity index (χ4v) is 2.43. The van der Waals surface area contributed by atoms with Gasteiger partial charge in [-0.25, -0.2) is 0 Å². The zero-order valence-electron chi connectivity index (χ0n) is 7.59. The lowest BCUT2D eigenvalue weighted by Crippen LogP contribution is -2.26. The summed E-state index contributed by atoms with van der Waals surface area (Å²) < 4.78 is 1.34. The van der Waals surface area contributed by atoms with Crippen LogP contribution in [0.15, 0.2) is 24.3 Å². The summed E-state index contributed by atoms with van der Waals surface area (Å²) in [6.07, 6.45) is 3.99. The first-order chi connectivity index (χ1) is 6.36. The van der Waals surface area contributed by atoms with E-state index >= 15 is 0 Å². The Kier molecular flexibility index (Phi) is 3.22. The minimum atomic E-state index is 0.600. The summed E-state index contributed by atoms with van der Waals surface area (Å²) in [4.78, 5) is 0. The van der Waals surface area contributed by atoms with Gasteiger partial charge in [0.1, 0.15) is 0 Å². The standard InChI is InChI=1S/C11H14IN/c12-10-5-3-4-9(8-10)11-6-1-2-7-13-11/h3-5,8,11,13H,1-2,6-7H2/t11-/m0/s1. The van der Waals surface area contributed by atoms with Gasteiger partial charge in [-0.1, -0.05) is 18.6 Å². The number of piperidine rings is 1. The highest BCUT2D eigenvalue weighted by Gasteiger charge is 2.13. The Morgan fingerprint density at radius 2 is 2.23 bits per heavy atom. The van der Waals surface area contributed by atoms with Crippen LogP contribution >= 0.6 is 22.6 Å². The van der Waals surface area contributed by atoms with Crippen molar-refractivity contribution in [3.05, 3.63) is 33.4 Å². The van der Waals surface area contributed by atoms with Crippen LogP contribution in [0.3, 0.4) is 0 Å². The van der Waals surface area contributed by atoms with Gasteiger partial charge < -0.3 is 5.32 Å². The number of hydrogen-bond acceptors (Lipinski definition) is 1. The maximum atomic E-state index is 3.56. The molecule has 13 heavy (non-hydrogen) atoms. The molecule has 1 nitrogen and oxygen atoms in total. The van der Waals surface area contributed by atoms with Crippen molar-refractivity contribution in [1.29, 1.82) is 0 Å². The molecule has 1 aromatic rings. The average molecular weight is 287 g/mol. The van der Waals surface area contributed by atoms with Crippen LogP contribution in [0.4, 0.5) is 0 Å². The Hall–Kier alpha value is -0.0900. The van der Waals surface area contributed by atoms with Crippen LogP contribution in [0.2, 0.25) is 0 Å². The highest BCUT2D eigenvalue weighted by molar-refractivity contribution is 14.1. The lowest BCUT2D eigenvalue weighted by molar-refractivity contribution is 0.412. The third kappa shape index (κ3) is 2.44. The maximum absolute atomic E-state index is 3.56. The SMILES string of the molecule is Ic1cccc([C@@H]2CCCCN2)c1. The van der Waals surface area contributed by atoms with E-state index in [0.29, 0.717) is 6.04 Å². The van der Waals surface area contributed by atoms with Crippen molar-refractivity contribution in [3.63, 3.8) is 0 Å². The Morgan fingerprint density at radius 1 is 1.31 bits per heavy atom. The first-order valence-electron chi connectivity index (χ1n) is 4.85. The molecule has 0 aromatic heterocycles. The third-order valence-electron chi connectivity index (χ3n) is 2.56. The summed E-state index contributed by atoms with van der Waals surface area (Å²) in [5.41, 5.74) is 1.45. The molecule has 1 atom stereocenters. The first kappa shape index (κ1) is 9.46. The molecule has 1 heterocycles. The van der Waals surface area contributed by atoms with Crippen LogP contribution in [0, 0.1) is 3.57 Å². The molecule has 0 aliphatic carbocycles. The molecule has 0 radical (unpaired) electrons. The van der Waals surface area contributed by atoms with Gasteiger partial charge in [0.15, 0.2) is 0 Å². The zero-order valence-corrected chi connectivity index (χ0v) is 9.75. The van der Waals surface area contributed by atoms with Crippen LogP contribution < -0.4 is 5.32 Å². The Labute approximate surface area is 93.1 Å². The van der Waals surface area contributed by atoms with Crippen molar-refractivity contribution in [2.75, 3.05) is 6.54 Å². The Bertz CT molecular complexity index is 279. The highest BCUT2D eigenvalue weighted by Crippen LogP contribution is 2.23. The van der Waals surface area contributed by atoms with Crippen LogP contribution in [0.1, 0.15) is 30.9 Å². The lowest BCUT2D eigenvalue weighted by atomic mass is 9.98. The van der Waals surface area contributed by atoms with E-state index in [-0.39, 0.29) is 0 Å². The van der Waals surface area contributed by atoms with Gasteiger partial charge in [-0.3, -0.25) is 0 Å². The molecule has 0 saturated carbocycles. The molecule has 1 aliphatic heterocycles. The van der Waals surface area contributed by atoms with Gasteiger partial charge in [-0.05, 0) is 59.7 Å². The second-order valence-electron chi connectivity index (χ2n) is 3.56. The zero-order chi connectivity index (χ0) is 9.10. The number of rotatable bonds is 1. The monoisotopic (exact) mass is 287 g/mol. The van der Waals surface area contributed by atoms with E-state index in [1.54, 1.807) is 0 Å². The van der Waals surface area contributed by atoms with Gasteiger partial charge in [0, 0.05) is 9.61 Å². The van der Waals surface area contributed by atoms with E-state index in [9.17, 15) is 0 Å². The maximum Gasteiger partial charge on any atom is 0.0320 e. The van der Waals surface area contributed by atoms with E-state index in [2.05, 4.69) is 52.2 Å². The summed E-state index contributed by atoms with van der Waals surface area (Å²) in [7, 11) is 0. The van der Waals surface area contributed by atoms with Crippen LogP contribution in [0.25, 0.3) is 0 Å². The van der Waals surface area contributed by atoms with Crippen LogP contribution in [-0.2, 0) is 0 Å². The topological polar surface area (TPSA) is 12.0 Å². The van der Waals surface area contributed by atoms with Crippen LogP contribution in [-0.4, -0.2) is 6.54 Å². The molecule has 1 fully saturated rings. The third-order valence-corrected chi connectivity index (χ3v) is 3.23. The van der Waals surface area contributed by atoms with Gasteiger partial charge in [0.2, 0.25) is 0 Å². The van der Waals surface area contributed by atoms with Crippen LogP contribution in [0.5, 0.6) is 0 Å². The molecule has 2 heteroatoms. The predicted octanol–water partition coefficient (Wildman–Crippen LogP) is 3.11. The molecule has 2 rings (SSSR count). The van der Waals surface area contributed by atoms with Crippen molar-refractivity contribution in [3.8, 4) is 0 Å². The minimum Gasteiger partial charge on any atom is -0.310 e. The van der Waals surface area contributed by atoms with Gasteiger partial charge in [0.25, 0.3) is 0 Å². The quantitative estimate of drug-likeness (QED) is 0.783. The largest absolute Gasteiger partial charge is 0.310 e. The molecule has 0 bridgehead atoms. The van der Waals surface area contributed by atoms with Crippen molar-refractivity contribution < 1.29 is 0 Å². The minimum absolute atomic E-state index is 0.600. The van der Waals surface area contributed by atoms with Crippen molar-refractivity contribution in [1.82, 2.24) is 5.32 Å². The number of nitrogens with one attached hydrogen (secondary N) is 1. The van der Waals surface area contributed by atoms with E-state index in [4.69, 9.17) is 0 Å². The smallest absolute Gasteiger partial charge is 0.0320 e. The first-order valence-corrected chi connectivity index (χ1v) is 5.93. The highest BCUT2D eigenvalue weighted by atomic mass is 127. The summed E-state index contributed by atoms with van der Waals surface area (Å²) >= 11 is 2.37. The molecular formula is C11H14IN. The second-order valence-corrected chi connectivity index (χ2v) is 4.80. The Morgan fingerprint density at radius 3 is 2.92 bits per heavy atom. The number of hydrogen-bond donors (Lipinski definition) is 1. The summed E-state index contributed by atoms with van der Waals surface area (Å²) in [5.74, 6) is 0. The molecule has 1 saturated heterocycles. The average Bonchev–Trinajstić information content (AvgIpc) is 2.19. The van der Waals surface area contributed by atoms with Gasteiger partial charge in [-0.15, -0.1) is 0 Å². The lowest BCUT2D eigenvalue weighted by Gasteiger charge is -2.23. The molecule has 70 valence electrons. The predicted molar refractivity (Wildman–Crippen MR) is 63.8 cm³/mol. The fourth-order valence-electron chi connectivity index (χ4n) is 1.86. The molecule has 1 aromatic carbocycles. The molecule has 0 spiro atoms. The fraction of sp³-hybridized carbons (Fsp3) is 0.455. The summed E-state index contributed by atoms with van der Waals surface area (Å²) in [6.45, 7) is 1.18. The molecule has 1 N–H and O–H groups in total.